The monoisotopic (exact) mass is 255 g/mol. The molecule has 104 valence electrons. The van der Waals surface area contributed by atoms with Crippen LogP contribution >= 0.6 is 0 Å². The average molecular weight is 255 g/mol. The van der Waals surface area contributed by atoms with Gasteiger partial charge in [-0.2, -0.15) is 0 Å². The predicted octanol–water partition coefficient (Wildman–Crippen LogP) is 1.34. The molecule has 0 heterocycles. The molecule has 1 aliphatic carbocycles. The van der Waals surface area contributed by atoms with Crippen molar-refractivity contribution < 1.29 is 9.59 Å². The molecule has 1 aliphatic rings. The minimum absolute atomic E-state index is 0.234. The molecule has 0 aliphatic heterocycles. The van der Waals surface area contributed by atoms with Crippen LogP contribution in [0.2, 0.25) is 0 Å². The van der Waals surface area contributed by atoms with E-state index in [1.165, 1.54) is 0 Å². The minimum atomic E-state index is -0.365. The van der Waals surface area contributed by atoms with Crippen LogP contribution in [0.4, 0.5) is 4.79 Å². The summed E-state index contributed by atoms with van der Waals surface area (Å²) >= 11 is 0. The van der Waals surface area contributed by atoms with E-state index in [2.05, 4.69) is 43.2 Å². The van der Waals surface area contributed by atoms with Crippen LogP contribution in [0.3, 0.4) is 0 Å². The number of nitrogens with one attached hydrogen (secondary N) is 2. The average Bonchev–Trinajstić information content (AvgIpc) is 2.99. The molecule has 0 bridgehead atoms. The van der Waals surface area contributed by atoms with Gasteiger partial charge in [0.25, 0.3) is 0 Å². The summed E-state index contributed by atoms with van der Waals surface area (Å²) < 4.78 is 0. The summed E-state index contributed by atoms with van der Waals surface area (Å²) in [5, 5.41) is 5.12. The number of amides is 3. The minimum Gasteiger partial charge on any atom is -0.335 e. The molecule has 0 radical (unpaired) electrons. The van der Waals surface area contributed by atoms with Crippen molar-refractivity contribution >= 4 is 11.9 Å². The third kappa shape index (κ3) is 6.00. The summed E-state index contributed by atoms with van der Waals surface area (Å²) in [4.78, 5) is 25.2. The molecule has 5 nitrogen and oxygen atoms in total. The van der Waals surface area contributed by atoms with Crippen molar-refractivity contribution in [3.05, 3.63) is 0 Å². The van der Waals surface area contributed by atoms with Gasteiger partial charge in [-0.1, -0.05) is 13.8 Å². The summed E-state index contributed by atoms with van der Waals surface area (Å²) in [7, 11) is 0. The molecule has 1 rings (SSSR count). The van der Waals surface area contributed by atoms with E-state index in [1.807, 2.05) is 0 Å². The highest BCUT2D eigenvalue weighted by atomic mass is 16.2. The fourth-order valence-corrected chi connectivity index (χ4v) is 1.73. The van der Waals surface area contributed by atoms with Gasteiger partial charge >= 0.3 is 6.03 Å². The van der Waals surface area contributed by atoms with Crippen molar-refractivity contribution in [3.63, 3.8) is 0 Å². The molecule has 0 aromatic carbocycles. The van der Waals surface area contributed by atoms with E-state index in [0.29, 0.717) is 12.0 Å². The second kappa shape index (κ2) is 6.73. The maximum atomic E-state index is 11.7. The molecule has 0 aromatic rings. The van der Waals surface area contributed by atoms with Gasteiger partial charge in [0.05, 0.1) is 6.54 Å². The van der Waals surface area contributed by atoms with Crippen LogP contribution in [0.15, 0.2) is 0 Å². The maximum absolute atomic E-state index is 11.7. The van der Waals surface area contributed by atoms with Gasteiger partial charge < -0.3 is 5.32 Å². The van der Waals surface area contributed by atoms with Gasteiger partial charge in [-0.15, -0.1) is 0 Å². The molecule has 1 fully saturated rings. The first-order valence-electron chi connectivity index (χ1n) is 6.73. The fourth-order valence-electron chi connectivity index (χ4n) is 1.73. The Hall–Kier alpha value is -1.10. The molecule has 0 atom stereocenters. The number of imide groups is 1. The second-order valence-corrected chi connectivity index (χ2v) is 5.71. The molecule has 0 spiro atoms. The normalized spacial score (nSPS) is 15.3. The standard InChI is InChI=1S/C13H25N3O2/c1-9(2)7-16(10(3)4)8-12(17)15-13(18)14-11-5-6-11/h9-11H,5-8H2,1-4H3,(H2,14,15,17,18). The highest BCUT2D eigenvalue weighted by Gasteiger charge is 2.24. The van der Waals surface area contributed by atoms with E-state index in [1.54, 1.807) is 0 Å². The zero-order valence-electron chi connectivity index (χ0n) is 11.8. The number of nitrogens with zero attached hydrogens (tertiary/aromatic N) is 1. The van der Waals surface area contributed by atoms with E-state index >= 15 is 0 Å². The Morgan fingerprint density at radius 3 is 2.28 bits per heavy atom. The highest BCUT2D eigenvalue weighted by Crippen LogP contribution is 2.18. The van der Waals surface area contributed by atoms with Crippen LogP contribution in [-0.2, 0) is 4.79 Å². The largest absolute Gasteiger partial charge is 0.335 e. The predicted molar refractivity (Wildman–Crippen MR) is 71.2 cm³/mol. The SMILES string of the molecule is CC(C)CN(CC(=O)NC(=O)NC1CC1)C(C)C. The number of carbonyl (C=O) groups is 2. The van der Waals surface area contributed by atoms with Crippen molar-refractivity contribution in [1.82, 2.24) is 15.5 Å². The lowest BCUT2D eigenvalue weighted by atomic mass is 10.2. The third-order valence-electron chi connectivity index (χ3n) is 2.84. The zero-order chi connectivity index (χ0) is 13.7. The Morgan fingerprint density at radius 2 is 1.83 bits per heavy atom. The van der Waals surface area contributed by atoms with E-state index < -0.39 is 0 Å². The van der Waals surface area contributed by atoms with Crippen molar-refractivity contribution in [1.29, 1.82) is 0 Å². The topological polar surface area (TPSA) is 61.4 Å². The lowest BCUT2D eigenvalue weighted by Gasteiger charge is -2.27. The molecular formula is C13H25N3O2. The van der Waals surface area contributed by atoms with Gasteiger partial charge in [-0.25, -0.2) is 4.79 Å². The van der Waals surface area contributed by atoms with E-state index in [0.717, 1.165) is 19.4 Å². The number of carbonyl (C=O) groups excluding carboxylic acids is 2. The van der Waals surface area contributed by atoms with Crippen molar-refractivity contribution in [2.45, 2.75) is 52.6 Å². The number of hydrogen-bond acceptors (Lipinski definition) is 3. The summed E-state index contributed by atoms with van der Waals surface area (Å²) in [6, 6.07) is 0.204. The first kappa shape index (κ1) is 15.0. The van der Waals surface area contributed by atoms with Crippen molar-refractivity contribution in [2.24, 2.45) is 5.92 Å². The van der Waals surface area contributed by atoms with E-state index in [-0.39, 0.29) is 24.5 Å². The van der Waals surface area contributed by atoms with E-state index in [4.69, 9.17) is 0 Å². The Bertz CT molecular complexity index is 299. The van der Waals surface area contributed by atoms with Crippen LogP contribution in [0.1, 0.15) is 40.5 Å². The van der Waals surface area contributed by atoms with Gasteiger partial charge in [-0.3, -0.25) is 15.0 Å². The molecule has 0 unspecified atom stereocenters. The molecule has 2 N–H and O–H groups in total. The van der Waals surface area contributed by atoms with Gasteiger partial charge in [-0.05, 0) is 32.6 Å². The van der Waals surface area contributed by atoms with Gasteiger partial charge in [0.15, 0.2) is 0 Å². The summed E-state index contributed by atoms with van der Waals surface area (Å²) in [6.45, 7) is 9.48. The fraction of sp³-hybridized carbons (Fsp3) is 0.846. The second-order valence-electron chi connectivity index (χ2n) is 5.71. The van der Waals surface area contributed by atoms with Crippen LogP contribution in [0, 0.1) is 5.92 Å². The Kier molecular flexibility index (Phi) is 5.59. The van der Waals surface area contributed by atoms with Crippen LogP contribution < -0.4 is 10.6 Å². The third-order valence-corrected chi connectivity index (χ3v) is 2.84. The first-order chi connectivity index (χ1) is 8.38. The Labute approximate surface area is 109 Å². The quantitative estimate of drug-likeness (QED) is 0.753. The zero-order valence-corrected chi connectivity index (χ0v) is 11.8. The lowest BCUT2D eigenvalue weighted by molar-refractivity contribution is -0.121. The summed E-state index contributed by atoms with van der Waals surface area (Å²) in [5.41, 5.74) is 0. The number of urea groups is 1. The van der Waals surface area contributed by atoms with Gasteiger partial charge in [0.2, 0.25) is 5.91 Å². The van der Waals surface area contributed by atoms with Gasteiger partial charge in [0, 0.05) is 18.6 Å². The van der Waals surface area contributed by atoms with Crippen molar-refractivity contribution in [3.8, 4) is 0 Å². The number of rotatable bonds is 6. The van der Waals surface area contributed by atoms with Crippen LogP contribution in [0.5, 0.6) is 0 Å². The Balaban J connectivity index is 2.32. The summed E-state index contributed by atoms with van der Waals surface area (Å²) in [6.07, 6.45) is 2.04. The molecular weight excluding hydrogens is 230 g/mol. The Morgan fingerprint density at radius 1 is 1.22 bits per heavy atom. The van der Waals surface area contributed by atoms with Crippen LogP contribution in [-0.4, -0.2) is 42.0 Å². The highest BCUT2D eigenvalue weighted by molar-refractivity contribution is 5.95. The maximum Gasteiger partial charge on any atom is 0.321 e. The molecule has 3 amide bonds. The molecule has 0 aromatic heterocycles. The molecule has 1 saturated carbocycles. The van der Waals surface area contributed by atoms with E-state index in [9.17, 15) is 9.59 Å². The number of hydrogen-bond donors (Lipinski definition) is 2. The molecule has 18 heavy (non-hydrogen) atoms. The van der Waals surface area contributed by atoms with Gasteiger partial charge in [0.1, 0.15) is 0 Å². The van der Waals surface area contributed by atoms with Crippen molar-refractivity contribution in [2.75, 3.05) is 13.1 Å². The molecule has 5 heteroatoms. The molecule has 0 saturated heterocycles. The smallest absolute Gasteiger partial charge is 0.321 e. The summed E-state index contributed by atoms with van der Waals surface area (Å²) in [5.74, 6) is 0.267. The first-order valence-corrected chi connectivity index (χ1v) is 6.73. The van der Waals surface area contributed by atoms with Crippen LogP contribution in [0.25, 0.3) is 0 Å². The lowest BCUT2D eigenvalue weighted by Crippen LogP contribution is -2.47.